The number of halogens is 1. The maximum Gasteiger partial charge on any atom is 0.290 e. The molecule has 0 saturated carbocycles. The van der Waals surface area contributed by atoms with Crippen molar-refractivity contribution in [1.29, 1.82) is 0 Å². The van der Waals surface area contributed by atoms with Gasteiger partial charge in [0.2, 0.25) is 0 Å². The van der Waals surface area contributed by atoms with Crippen molar-refractivity contribution in [3.63, 3.8) is 0 Å². The number of rotatable bonds is 15. The highest BCUT2D eigenvalue weighted by molar-refractivity contribution is 7.92. The molecular weight excluding hydrogens is 626 g/mol. The summed E-state index contributed by atoms with van der Waals surface area (Å²) in [6.07, 6.45) is 2.98. The zero-order valence-corrected chi connectivity index (χ0v) is 27.0. The number of benzene rings is 4. The monoisotopic (exact) mass is 658 g/mol. The molecule has 0 atom stereocenters. The minimum Gasteiger partial charge on any atom is -0.861 e. The van der Waals surface area contributed by atoms with Crippen LogP contribution in [0, 0.1) is 0 Å². The first-order valence-electron chi connectivity index (χ1n) is 14.7. The van der Waals surface area contributed by atoms with Crippen LogP contribution in [0.2, 0.25) is 5.02 Å². The van der Waals surface area contributed by atoms with Gasteiger partial charge >= 0.3 is 0 Å². The second kappa shape index (κ2) is 15.8. The summed E-state index contributed by atoms with van der Waals surface area (Å²) in [6, 6.07) is 34.8. The zero-order chi connectivity index (χ0) is 31.5. The number of thiophene rings is 1. The van der Waals surface area contributed by atoms with E-state index in [1.807, 2.05) is 72.8 Å². The first-order chi connectivity index (χ1) is 21.9. The third-order valence-corrected chi connectivity index (χ3v) is 10.0. The van der Waals surface area contributed by atoms with E-state index in [4.69, 9.17) is 21.1 Å². The maximum atomic E-state index is 12.4. The normalized spacial score (nSPS) is 11.8. The predicted octanol–water partition coefficient (Wildman–Crippen LogP) is 7.78. The first kappa shape index (κ1) is 32.3. The van der Waals surface area contributed by atoms with Crippen LogP contribution in [0.3, 0.4) is 0 Å². The van der Waals surface area contributed by atoms with Gasteiger partial charge in [0, 0.05) is 11.4 Å². The van der Waals surface area contributed by atoms with Crippen molar-refractivity contribution in [1.82, 2.24) is 0 Å². The van der Waals surface area contributed by atoms with E-state index in [0.717, 1.165) is 63.8 Å². The number of aryl methyl sites for hydroxylation is 3. The fourth-order valence-electron chi connectivity index (χ4n) is 4.80. The summed E-state index contributed by atoms with van der Waals surface area (Å²) in [4.78, 5) is 0. The Hall–Kier alpha value is -4.11. The molecule has 5 aromatic rings. The Balaban J connectivity index is 1.07. The molecule has 0 aliphatic carbocycles. The van der Waals surface area contributed by atoms with E-state index < -0.39 is 15.9 Å². The maximum absolute atomic E-state index is 12.4. The molecule has 232 valence electrons. The Morgan fingerprint density at radius 2 is 1.49 bits per heavy atom. The van der Waals surface area contributed by atoms with Gasteiger partial charge in [-0.3, -0.25) is 0 Å². The highest BCUT2D eigenvalue weighted by atomic mass is 35.5. The molecule has 0 N–H and O–H groups in total. The minimum atomic E-state index is -3.96. The van der Waals surface area contributed by atoms with E-state index in [-0.39, 0.29) is 10.6 Å². The molecule has 0 radical (unpaired) electrons. The summed E-state index contributed by atoms with van der Waals surface area (Å²) in [6.45, 7) is 1.07. The molecule has 0 amide bonds. The van der Waals surface area contributed by atoms with E-state index in [9.17, 15) is 13.5 Å². The van der Waals surface area contributed by atoms with Gasteiger partial charge < -0.3 is 14.6 Å². The van der Waals surface area contributed by atoms with E-state index in [2.05, 4.69) is 28.7 Å². The van der Waals surface area contributed by atoms with Crippen molar-refractivity contribution < 1.29 is 23.0 Å². The van der Waals surface area contributed by atoms with Crippen LogP contribution in [0.5, 0.6) is 11.5 Å². The second-order valence-electron chi connectivity index (χ2n) is 10.4. The number of sulfonamides is 1. The fraction of sp³-hybridized carbons (Fsp3) is 0.194. The standard InChI is InChI=1S/C36H34ClNO5S2/c37-31-18-13-27(14-19-31)11-12-28-6-3-8-33(26-28)43-24-5-23-42-32-20-15-30(16-21-32)34-9-2-1-7-29(34)17-22-35(39)38-45(40,41)36-10-4-25-44-36/h1-4,6-10,13-16,18-21,25-26H,5,11-12,17,22-24H2,(H,38,39)/p-1. The second-order valence-corrected chi connectivity index (χ2v) is 13.6. The van der Waals surface area contributed by atoms with Gasteiger partial charge in [0.25, 0.3) is 10.0 Å². The zero-order valence-electron chi connectivity index (χ0n) is 24.6. The van der Waals surface area contributed by atoms with E-state index >= 15 is 0 Å². The van der Waals surface area contributed by atoms with Crippen LogP contribution < -0.4 is 14.6 Å². The van der Waals surface area contributed by atoms with Gasteiger partial charge in [-0.05, 0) is 107 Å². The van der Waals surface area contributed by atoms with Gasteiger partial charge in [0.05, 0.1) is 13.2 Å². The molecule has 0 aliphatic rings. The summed E-state index contributed by atoms with van der Waals surface area (Å²) in [5.74, 6) is 0.951. The molecular formula is C36H33ClNO5S2-. The van der Waals surface area contributed by atoms with Crippen molar-refractivity contribution in [2.75, 3.05) is 13.2 Å². The van der Waals surface area contributed by atoms with Crippen LogP contribution in [0.1, 0.15) is 29.5 Å². The smallest absolute Gasteiger partial charge is 0.290 e. The third kappa shape index (κ3) is 9.69. The number of hydrogen-bond donors (Lipinski definition) is 0. The van der Waals surface area contributed by atoms with Gasteiger partial charge in [0.1, 0.15) is 15.7 Å². The SMILES string of the molecule is O=S(=O)(/N=C(/[O-])CCc1ccccc1-c1ccc(OCCCOc2cccc(CCc3ccc(Cl)cc3)c2)cc1)c1cccs1. The van der Waals surface area contributed by atoms with E-state index in [1.54, 1.807) is 11.4 Å². The van der Waals surface area contributed by atoms with Crippen molar-refractivity contribution in [2.45, 2.75) is 36.3 Å². The Kier molecular flexibility index (Phi) is 11.3. The summed E-state index contributed by atoms with van der Waals surface area (Å²) in [7, 11) is -3.96. The molecule has 4 aromatic carbocycles. The van der Waals surface area contributed by atoms with Crippen LogP contribution in [0.25, 0.3) is 11.1 Å². The summed E-state index contributed by atoms with van der Waals surface area (Å²) >= 11 is 7.02. The van der Waals surface area contributed by atoms with Gasteiger partial charge in [-0.15, -0.1) is 11.3 Å². The minimum absolute atomic E-state index is 0.00140. The average molecular weight is 659 g/mol. The molecule has 0 aliphatic heterocycles. The van der Waals surface area contributed by atoms with Gasteiger partial charge in [0.15, 0.2) is 0 Å². The molecule has 5 rings (SSSR count). The van der Waals surface area contributed by atoms with Gasteiger partial charge in [-0.25, -0.2) is 0 Å². The number of ether oxygens (including phenoxy) is 2. The highest BCUT2D eigenvalue weighted by Gasteiger charge is 2.13. The average Bonchev–Trinajstić information content (AvgIpc) is 3.61. The number of hydrogen-bond acceptors (Lipinski definition) is 6. The Labute approximate surface area is 273 Å². The van der Waals surface area contributed by atoms with Gasteiger partial charge in [-0.1, -0.05) is 78.3 Å². The lowest BCUT2D eigenvalue weighted by molar-refractivity contribution is -0.218. The van der Waals surface area contributed by atoms with E-state index in [0.29, 0.717) is 19.6 Å². The lowest BCUT2D eigenvalue weighted by atomic mass is 9.96. The quantitative estimate of drug-likeness (QED) is 0.0651. The Bertz CT molecular complexity index is 1800. The van der Waals surface area contributed by atoms with E-state index in [1.165, 1.54) is 17.2 Å². The van der Waals surface area contributed by atoms with Crippen molar-refractivity contribution in [3.05, 3.63) is 136 Å². The summed E-state index contributed by atoms with van der Waals surface area (Å²) < 4.78 is 40.0. The molecule has 0 unspecified atom stereocenters. The molecule has 0 spiro atoms. The van der Waals surface area contributed by atoms with Crippen molar-refractivity contribution in [3.8, 4) is 22.6 Å². The molecule has 0 bridgehead atoms. The van der Waals surface area contributed by atoms with Crippen molar-refractivity contribution in [2.24, 2.45) is 4.40 Å². The summed E-state index contributed by atoms with van der Waals surface area (Å²) in [5.41, 5.74) is 5.37. The predicted molar refractivity (Wildman–Crippen MR) is 180 cm³/mol. The van der Waals surface area contributed by atoms with Crippen molar-refractivity contribution >= 4 is 38.9 Å². The highest BCUT2D eigenvalue weighted by Crippen LogP contribution is 2.27. The van der Waals surface area contributed by atoms with Crippen LogP contribution in [0.15, 0.2) is 123 Å². The van der Waals surface area contributed by atoms with Crippen LogP contribution in [0.4, 0.5) is 0 Å². The Morgan fingerprint density at radius 3 is 2.24 bits per heavy atom. The molecule has 6 nitrogen and oxygen atoms in total. The molecule has 0 fully saturated rings. The molecule has 45 heavy (non-hydrogen) atoms. The molecule has 1 aromatic heterocycles. The molecule has 0 saturated heterocycles. The Morgan fingerprint density at radius 1 is 0.756 bits per heavy atom. The molecule has 9 heteroatoms. The third-order valence-electron chi connectivity index (χ3n) is 7.10. The van der Waals surface area contributed by atoms with Crippen LogP contribution in [-0.4, -0.2) is 27.5 Å². The van der Waals surface area contributed by atoms with Gasteiger partial charge in [-0.2, -0.15) is 12.8 Å². The fourth-order valence-corrected chi connectivity index (χ4v) is 6.84. The summed E-state index contributed by atoms with van der Waals surface area (Å²) in [5, 5.41) is 14.8. The lowest BCUT2D eigenvalue weighted by Gasteiger charge is -2.14. The topological polar surface area (TPSA) is 88.0 Å². The van der Waals surface area contributed by atoms with Crippen LogP contribution >= 0.6 is 22.9 Å². The lowest BCUT2D eigenvalue weighted by Crippen LogP contribution is -2.20. The largest absolute Gasteiger partial charge is 0.861 e. The van der Waals surface area contributed by atoms with Crippen LogP contribution in [-0.2, 0) is 29.3 Å². The number of nitrogens with zero attached hydrogens (tertiary/aromatic N) is 1. The first-order valence-corrected chi connectivity index (χ1v) is 17.4. The molecule has 1 heterocycles.